The first-order chi connectivity index (χ1) is 9.07. The van der Waals surface area contributed by atoms with Crippen LogP contribution in [0.5, 0.6) is 5.75 Å². The highest BCUT2D eigenvalue weighted by molar-refractivity contribution is 6.47. The number of aromatic hydroxyl groups is 1. The molecule has 0 spiro atoms. The van der Waals surface area contributed by atoms with Gasteiger partial charge in [-0.15, -0.1) is 0 Å². The Bertz CT molecular complexity index is 517. The molecule has 110 valence electrons. The molecule has 0 unspecified atom stereocenters. The fraction of sp³-hybridized carbons (Fsp3) is 0.571. The minimum absolute atomic E-state index is 0.323. The van der Waals surface area contributed by atoms with Crippen molar-refractivity contribution in [3.63, 3.8) is 0 Å². The molecular formula is C14H21BFNO3. The van der Waals surface area contributed by atoms with Gasteiger partial charge in [0.05, 0.1) is 17.1 Å². The lowest BCUT2D eigenvalue weighted by molar-refractivity contribution is 0.00578. The van der Waals surface area contributed by atoms with Crippen LogP contribution in [0.15, 0.2) is 12.1 Å². The lowest BCUT2D eigenvalue weighted by Crippen LogP contribution is -2.41. The Labute approximate surface area is 119 Å². The Balaban J connectivity index is 2.35. The van der Waals surface area contributed by atoms with Gasteiger partial charge in [-0.05, 0) is 46.2 Å². The smallest absolute Gasteiger partial charge is 0.480 e. The van der Waals surface area contributed by atoms with Gasteiger partial charge in [-0.25, -0.2) is 4.39 Å². The van der Waals surface area contributed by atoms with Crippen LogP contribution in [0.3, 0.4) is 0 Å². The molecule has 0 aromatic heterocycles. The van der Waals surface area contributed by atoms with E-state index < -0.39 is 35.8 Å². The van der Waals surface area contributed by atoms with E-state index in [1.165, 1.54) is 6.07 Å². The van der Waals surface area contributed by atoms with Gasteiger partial charge in [-0.2, -0.15) is 0 Å². The molecule has 1 aliphatic rings. The zero-order valence-corrected chi connectivity index (χ0v) is 12.5. The van der Waals surface area contributed by atoms with E-state index in [0.717, 1.165) is 0 Å². The summed E-state index contributed by atoms with van der Waals surface area (Å²) in [5, 5.41) is 9.90. The molecule has 0 aliphatic carbocycles. The Morgan fingerprint density at radius 2 is 1.70 bits per heavy atom. The van der Waals surface area contributed by atoms with Crippen molar-refractivity contribution in [2.45, 2.75) is 51.8 Å². The van der Waals surface area contributed by atoms with Crippen LogP contribution in [0.1, 0.15) is 44.8 Å². The molecule has 0 amide bonds. The zero-order valence-electron chi connectivity index (χ0n) is 12.5. The number of aryl methyl sites for hydroxylation is 1. The first-order valence-electron chi connectivity index (χ1n) is 6.66. The van der Waals surface area contributed by atoms with Crippen molar-refractivity contribution in [1.29, 1.82) is 0 Å². The summed E-state index contributed by atoms with van der Waals surface area (Å²) in [5.74, 6) is -1.89. The van der Waals surface area contributed by atoms with Crippen molar-refractivity contribution in [1.82, 2.24) is 0 Å². The third-order valence-electron chi connectivity index (χ3n) is 4.28. The molecule has 6 heteroatoms. The van der Waals surface area contributed by atoms with Crippen LogP contribution in [0.25, 0.3) is 0 Å². The summed E-state index contributed by atoms with van der Waals surface area (Å²) in [4.78, 5) is 0. The van der Waals surface area contributed by atoms with E-state index in [1.54, 1.807) is 13.0 Å². The summed E-state index contributed by atoms with van der Waals surface area (Å²) in [5.41, 5.74) is 6.12. The highest BCUT2D eigenvalue weighted by atomic mass is 19.1. The SMILES string of the molecule is Cc1ccc(F)c(O)c1[C@@H](N)B1OC(C)(C)C(C)(C)O1. The maximum Gasteiger partial charge on any atom is 0.480 e. The molecule has 1 aliphatic heterocycles. The summed E-state index contributed by atoms with van der Waals surface area (Å²) >= 11 is 0. The number of hydrogen-bond acceptors (Lipinski definition) is 4. The van der Waals surface area contributed by atoms with Crippen molar-refractivity contribution in [3.8, 4) is 5.75 Å². The van der Waals surface area contributed by atoms with E-state index in [9.17, 15) is 9.50 Å². The van der Waals surface area contributed by atoms with E-state index in [0.29, 0.717) is 11.1 Å². The summed E-state index contributed by atoms with van der Waals surface area (Å²) in [6.45, 7) is 9.42. The van der Waals surface area contributed by atoms with Gasteiger partial charge in [0.15, 0.2) is 11.6 Å². The van der Waals surface area contributed by atoms with Crippen LogP contribution in [0.4, 0.5) is 4.39 Å². The predicted octanol–water partition coefficient (Wildman–Crippen LogP) is 2.47. The number of nitrogens with two attached hydrogens (primary N) is 1. The molecule has 2 rings (SSSR count). The number of benzene rings is 1. The monoisotopic (exact) mass is 281 g/mol. The molecule has 3 N–H and O–H groups in total. The number of halogens is 1. The summed E-state index contributed by atoms with van der Waals surface area (Å²) in [6.07, 6.45) is 0. The minimum atomic E-state index is -0.758. The first kappa shape index (κ1) is 15.3. The second-order valence-electron chi connectivity index (χ2n) is 6.28. The maximum absolute atomic E-state index is 13.5. The predicted molar refractivity (Wildman–Crippen MR) is 75.8 cm³/mol. The molecule has 1 saturated heterocycles. The van der Waals surface area contributed by atoms with Gasteiger partial charge in [0.1, 0.15) is 0 Å². The Morgan fingerprint density at radius 3 is 2.20 bits per heavy atom. The van der Waals surface area contributed by atoms with Crippen molar-refractivity contribution >= 4 is 7.12 Å². The number of hydrogen-bond donors (Lipinski definition) is 2. The maximum atomic E-state index is 13.5. The lowest BCUT2D eigenvalue weighted by Gasteiger charge is -2.32. The normalized spacial score (nSPS) is 22.1. The van der Waals surface area contributed by atoms with Crippen LogP contribution in [-0.2, 0) is 9.31 Å². The summed E-state index contributed by atoms with van der Waals surface area (Å²) in [6, 6.07) is 2.79. The summed E-state index contributed by atoms with van der Waals surface area (Å²) in [7, 11) is -0.730. The molecule has 0 radical (unpaired) electrons. The third kappa shape index (κ3) is 2.32. The zero-order chi connectivity index (χ0) is 15.3. The van der Waals surface area contributed by atoms with Crippen LogP contribution < -0.4 is 5.73 Å². The molecule has 1 fully saturated rings. The molecule has 0 bridgehead atoms. The fourth-order valence-corrected chi connectivity index (χ4v) is 2.27. The number of rotatable bonds is 2. The second kappa shape index (κ2) is 4.72. The fourth-order valence-electron chi connectivity index (χ4n) is 2.27. The van der Waals surface area contributed by atoms with Crippen molar-refractivity contribution in [2.75, 3.05) is 0 Å². The Morgan fingerprint density at radius 1 is 1.20 bits per heavy atom. The molecule has 20 heavy (non-hydrogen) atoms. The van der Waals surface area contributed by atoms with Gasteiger partial charge in [0.25, 0.3) is 0 Å². The van der Waals surface area contributed by atoms with Gasteiger partial charge >= 0.3 is 7.12 Å². The average Bonchev–Trinajstić information content (AvgIpc) is 2.54. The molecule has 1 aromatic rings. The molecule has 1 aromatic carbocycles. The largest absolute Gasteiger partial charge is 0.505 e. The number of phenols is 1. The molecule has 0 saturated carbocycles. The van der Waals surface area contributed by atoms with Crippen molar-refractivity contribution in [2.24, 2.45) is 5.73 Å². The van der Waals surface area contributed by atoms with Gasteiger partial charge in [-0.1, -0.05) is 6.07 Å². The second-order valence-corrected chi connectivity index (χ2v) is 6.28. The van der Waals surface area contributed by atoms with Crippen LogP contribution in [-0.4, -0.2) is 23.4 Å². The van der Waals surface area contributed by atoms with Gasteiger partial charge < -0.3 is 20.1 Å². The molecule has 1 atom stereocenters. The van der Waals surface area contributed by atoms with E-state index in [2.05, 4.69) is 0 Å². The topological polar surface area (TPSA) is 64.7 Å². The van der Waals surface area contributed by atoms with Gasteiger partial charge in [-0.3, -0.25) is 0 Å². The van der Waals surface area contributed by atoms with E-state index in [1.807, 2.05) is 27.7 Å². The van der Waals surface area contributed by atoms with E-state index >= 15 is 0 Å². The Kier molecular flexibility index (Phi) is 3.61. The molecule has 1 heterocycles. The summed E-state index contributed by atoms with van der Waals surface area (Å²) < 4.78 is 25.2. The highest BCUT2D eigenvalue weighted by Crippen LogP contribution is 2.41. The van der Waals surface area contributed by atoms with E-state index in [4.69, 9.17) is 15.0 Å². The first-order valence-corrected chi connectivity index (χ1v) is 6.66. The van der Waals surface area contributed by atoms with Crippen LogP contribution in [0, 0.1) is 12.7 Å². The van der Waals surface area contributed by atoms with Crippen LogP contribution in [0.2, 0.25) is 0 Å². The average molecular weight is 281 g/mol. The molecular weight excluding hydrogens is 260 g/mol. The number of phenolic OH excluding ortho intramolecular Hbond substituents is 1. The highest BCUT2D eigenvalue weighted by Gasteiger charge is 2.53. The standard InChI is InChI=1S/C14H21BFNO3/c1-8-6-7-9(16)11(18)10(8)12(17)15-19-13(2,3)14(4,5)20-15/h6-7,12,18H,17H2,1-5H3/t12-/m1/s1. The lowest BCUT2D eigenvalue weighted by atomic mass is 9.73. The van der Waals surface area contributed by atoms with Gasteiger partial charge in [0.2, 0.25) is 0 Å². The van der Waals surface area contributed by atoms with Crippen LogP contribution >= 0.6 is 0 Å². The third-order valence-corrected chi connectivity index (χ3v) is 4.28. The molecule has 4 nitrogen and oxygen atoms in total. The van der Waals surface area contributed by atoms with E-state index in [-0.39, 0.29) is 0 Å². The van der Waals surface area contributed by atoms with Gasteiger partial charge in [0, 0.05) is 5.56 Å². The minimum Gasteiger partial charge on any atom is -0.505 e. The van der Waals surface area contributed by atoms with Crippen molar-refractivity contribution < 1.29 is 18.8 Å². The van der Waals surface area contributed by atoms with Crippen molar-refractivity contribution in [3.05, 3.63) is 29.1 Å². The Hall–Kier alpha value is -1.11. The quantitative estimate of drug-likeness (QED) is 0.817.